The average Bonchev–Trinajstić information content (AvgIpc) is 3.05. The first-order valence-corrected chi connectivity index (χ1v) is 8.61. The number of ether oxygens (including phenoxy) is 1. The van der Waals surface area contributed by atoms with Gasteiger partial charge in [-0.2, -0.15) is 0 Å². The minimum atomic E-state index is -2.26. The van der Waals surface area contributed by atoms with Crippen molar-refractivity contribution in [2.45, 2.75) is 18.9 Å². The third-order valence-corrected chi connectivity index (χ3v) is 4.61. The van der Waals surface area contributed by atoms with Crippen molar-refractivity contribution in [3.63, 3.8) is 0 Å². The van der Waals surface area contributed by atoms with Crippen molar-refractivity contribution in [1.29, 1.82) is 0 Å². The lowest BCUT2D eigenvalue weighted by Crippen LogP contribution is -2.52. The number of aliphatic hydroxyl groups excluding tert-OH is 1. The van der Waals surface area contributed by atoms with Crippen molar-refractivity contribution in [3.8, 4) is 11.3 Å². The van der Waals surface area contributed by atoms with E-state index in [2.05, 4.69) is 4.98 Å². The van der Waals surface area contributed by atoms with Gasteiger partial charge in [-0.25, -0.2) is 4.79 Å². The number of hydrogen-bond donors (Lipinski definition) is 2. The Hall–Kier alpha value is -3.19. The Bertz CT molecular complexity index is 967. The number of carbonyl (C=O) groups excluding carboxylic acids is 1. The molecule has 0 aliphatic carbocycles. The highest BCUT2D eigenvalue weighted by Gasteiger charge is 2.53. The maximum absolute atomic E-state index is 12.4. The van der Waals surface area contributed by atoms with Gasteiger partial charge in [0, 0.05) is 21.5 Å². The first-order valence-electron chi connectivity index (χ1n) is 8.61. The molecule has 3 rings (SSSR count). The largest absolute Gasteiger partial charge is 0.461 e. The average molecular weight is 368 g/mol. The zero-order chi connectivity index (χ0) is 19.4. The van der Waals surface area contributed by atoms with E-state index >= 15 is 0 Å². The minimum Gasteiger partial charge on any atom is -0.461 e. The number of aliphatic hydroxyl groups is 1. The topological polar surface area (TPSA) is 105 Å². The molecule has 1 unspecified atom stereocenters. The van der Waals surface area contributed by atoms with Gasteiger partial charge in [0.25, 0.3) is 0 Å². The van der Waals surface area contributed by atoms with Crippen LogP contribution in [0.3, 0.4) is 0 Å². The molecule has 2 aromatic carbocycles. The smallest absolute Gasteiger partial charge is 0.387 e. The SMILES string of the molecule is CCOC(=O)C(CO)(Cc1c(-c2ccccc2)[nH]c2ccccc12)[N+](=O)[O-]. The van der Waals surface area contributed by atoms with Crippen LogP contribution in [0.25, 0.3) is 22.2 Å². The van der Waals surface area contributed by atoms with Crippen LogP contribution in [0.1, 0.15) is 12.5 Å². The summed E-state index contributed by atoms with van der Waals surface area (Å²) in [6, 6.07) is 16.7. The van der Waals surface area contributed by atoms with E-state index in [0.29, 0.717) is 11.3 Å². The molecule has 2 N–H and O–H groups in total. The number of aromatic amines is 1. The van der Waals surface area contributed by atoms with E-state index < -0.39 is 23.0 Å². The predicted molar refractivity (Wildman–Crippen MR) is 101 cm³/mol. The maximum Gasteiger partial charge on any atom is 0.387 e. The first kappa shape index (κ1) is 18.6. The molecule has 0 radical (unpaired) electrons. The molecule has 1 atom stereocenters. The van der Waals surface area contributed by atoms with Gasteiger partial charge in [0.1, 0.15) is 6.61 Å². The number of para-hydroxylation sites is 1. The van der Waals surface area contributed by atoms with E-state index in [4.69, 9.17) is 4.74 Å². The predicted octanol–water partition coefficient (Wildman–Crippen LogP) is 2.95. The van der Waals surface area contributed by atoms with Crippen LogP contribution >= 0.6 is 0 Å². The second-order valence-corrected chi connectivity index (χ2v) is 6.23. The number of nitrogens with zero attached hydrogens (tertiary/aromatic N) is 1. The summed E-state index contributed by atoms with van der Waals surface area (Å²) < 4.78 is 4.92. The molecule has 1 heterocycles. The summed E-state index contributed by atoms with van der Waals surface area (Å²) in [6.07, 6.45) is -0.288. The summed E-state index contributed by atoms with van der Waals surface area (Å²) in [7, 11) is 0. The number of esters is 1. The molecule has 27 heavy (non-hydrogen) atoms. The molecule has 0 bridgehead atoms. The van der Waals surface area contributed by atoms with Crippen LogP contribution in [0.5, 0.6) is 0 Å². The van der Waals surface area contributed by atoms with Crippen molar-refractivity contribution in [2.24, 2.45) is 0 Å². The van der Waals surface area contributed by atoms with Gasteiger partial charge < -0.3 is 14.8 Å². The highest BCUT2D eigenvalue weighted by Crippen LogP contribution is 2.34. The molecule has 3 aromatic rings. The third-order valence-electron chi connectivity index (χ3n) is 4.61. The second-order valence-electron chi connectivity index (χ2n) is 6.23. The monoisotopic (exact) mass is 368 g/mol. The summed E-state index contributed by atoms with van der Waals surface area (Å²) in [4.78, 5) is 26.8. The fourth-order valence-electron chi connectivity index (χ4n) is 3.18. The van der Waals surface area contributed by atoms with Gasteiger partial charge in [0.2, 0.25) is 0 Å². The molecule has 0 saturated carbocycles. The van der Waals surface area contributed by atoms with Crippen LogP contribution in [0, 0.1) is 10.1 Å². The van der Waals surface area contributed by atoms with Crippen LogP contribution in [0.4, 0.5) is 0 Å². The van der Waals surface area contributed by atoms with Crippen molar-refractivity contribution < 1.29 is 19.6 Å². The van der Waals surface area contributed by atoms with Gasteiger partial charge in [0.15, 0.2) is 0 Å². The number of carbonyl (C=O) groups is 1. The third kappa shape index (κ3) is 3.29. The standard InChI is InChI=1S/C20H20N2O5/c1-2-27-19(24)20(13-23,22(25)26)12-16-15-10-6-7-11-17(15)21-18(16)14-8-4-3-5-9-14/h3-11,21,23H,2,12-13H2,1H3. The first-order chi connectivity index (χ1) is 13.0. The van der Waals surface area contributed by atoms with E-state index in [1.165, 1.54) is 0 Å². The Morgan fingerprint density at radius 2 is 1.85 bits per heavy atom. The molecule has 0 saturated heterocycles. The number of aromatic nitrogens is 1. The van der Waals surface area contributed by atoms with Crippen molar-refractivity contribution in [1.82, 2.24) is 4.98 Å². The molecule has 0 amide bonds. The number of rotatable bonds is 7. The van der Waals surface area contributed by atoms with E-state index in [0.717, 1.165) is 16.5 Å². The van der Waals surface area contributed by atoms with Crippen LogP contribution in [0.15, 0.2) is 54.6 Å². The minimum absolute atomic E-state index is 0.00610. The van der Waals surface area contributed by atoms with Gasteiger partial charge in [-0.05, 0) is 24.1 Å². The zero-order valence-corrected chi connectivity index (χ0v) is 14.8. The summed E-state index contributed by atoms with van der Waals surface area (Å²) in [5.74, 6) is -1.04. The normalized spacial score (nSPS) is 13.3. The number of nitro groups is 1. The molecule has 7 heteroatoms. The summed E-state index contributed by atoms with van der Waals surface area (Å²) in [5, 5.41) is 22.4. The van der Waals surface area contributed by atoms with Gasteiger partial charge >= 0.3 is 11.5 Å². The van der Waals surface area contributed by atoms with E-state index in [1.54, 1.807) is 6.92 Å². The summed E-state index contributed by atoms with van der Waals surface area (Å²) >= 11 is 0. The van der Waals surface area contributed by atoms with Gasteiger partial charge in [-0.15, -0.1) is 0 Å². The van der Waals surface area contributed by atoms with E-state index in [9.17, 15) is 20.0 Å². The molecule has 0 spiro atoms. The van der Waals surface area contributed by atoms with Crippen molar-refractivity contribution in [2.75, 3.05) is 13.2 Å². The Balaban J connectivity index is 2.20. The molecule has 1 aromatic heterocycles. The Morgan fingerprint density at radius 3 is 2.48 bits per heavy atom. The lowest BCUT2D eigenvalue weighted by Gasteiger charge is -2.21. The van der Waals surface area contributed by atoms with E-state index in [1.807, 2.05) is 54.6 Å². The number of benzene rings is 2. The van der Waals surface area contributed by atoms with Crippen molar-refractivity contribution in [3.05, 3.63) is 70.3 Å². The zero-order valence-electron chi connectivity index (χ0n) is 14.8. The molecule has 140 valence electrons. The molecular formula is C20H20N2O5. The highest BCUT2D eigenvalue weighted by atomic mass is 16.6. The van der Waals surface area contributed by atoms with Crippen LogP contribution in [-0.4, -0.2) is 39.7 Å². The second kappa shape index (κ2) is 7.59. The fraction of sp³-hybridized carbons (Fsp3) is 0.250. The van der Waals surface area contributed by atoms with Gasteiger partial charge in [-0.1, -0.05) is 48.5 Å². The molecule has 0 aliphatic heterocycles. The van der Waals surface area contributed by atoms with Crippen LogP contribution < -0.4 is 0 Å². The number of nitrogens with one attached hydrogen (secondary N) is 1. The lowest BCUT2D eigenvalue weighted by molar-refractivity contribution is -0.558. The Morgan fingerprint density at radius 1 is 1.19 bits per heavy atom. The van der Waals surface area contributed by atoms with Crippen LogP contribution in [0.2, 0.25) is 0 Å². The van der Waals surface area contributed by atoms with Crippen LogP contribution in [-0.2, 0) is 16.0 Å². The summed E-state index contributed by atoms with van der Waals surface area (Å²) in [6.45, 7) is 0.613. The summed E-state index contributed by atoms with van der Waals surface area (Å²) in [5.41, 5.74) is 0.648. The Labute approximate surface area is 155 Å². The Kier molecular flexibility index (Phi) is 5.23. The lowest BCUT2D eigenvalue weighted by atomic mass is 9.89. The quantitative estimate of drug-likeness (QED) is 0.379. The van der Waals surface area contributed by atoms with Gasteiger partial charge in [-0.3, -0.25) is 10.1 Å². The molecule has 0 aliphatic rings. The van der Waals surface area contributed by atoms with Crippen molar-refractivity contribution >= 4 is 16.9 Å². The highest BCUT2D eigenvalue weighted by molar-refractivity contribution is 5.92. The fourth-order valence-corrected chi connectivity index (χ4v) is 3.18. The number of H-pyrrole nitrogens is 1. The molecular weight excluding hydrogens is 348 g/mol. The number of fused-ring (bicyclic) bond motifs is 1. The molecule has 7 nitrogen and oxygen atoms in total. The molecule has 0 fully saturated rings. The maximum atomic E-state index is 12.4. The van der Waals surface area contributed by atoms with Gasteiger partial charge in [0.05, 0.1) is 13.0 Å². The van der Waals surface area contributed by atoms with E-state index in [-0.39, 0.29) is 13.0 Å². The number of hydrogen-bond acceptors (Lipinski definition) is 5.